The molecule has 0 amide bonds. The second kappa shape index (κ2) is 6.69. The zero-order valence-corrected chi connectivity index (χ0v) is 13.7. The highest BCUT2D eigenvalue weighted by atomic mass is 35.5. The SMILES string of the molecule is Cc1ccc(C2CN(Cc3ccccc3)CC2[N+](=O)[O-])cc1Cl. The van der Waals surface area contributed by atoms with Crippen molar-refractivity contribution in [2.75, 3.05) is 13.1 Å². The van der Waals surface area contributed by atoms with E-state index >= 15 is 0 Å². The average molecular weight is 331 g/mol. The Hall–Kier alpha value is -1.91. The minimum absolute atomic E-state index is 0.119. The van der Waals surface area contributed by atoms with Gasteiger partial charge in [-0.3, -0.25) is 15.0 Å². The number of halogens is 1. The zero-order chi connectivity index (χ0) is 16.4. The molecule has 2 aromatic carbocycles. The van der Waals surface area contributed by atoms with Crippen LogP contribution >= 0.6 is 11.6 Å². The van der Waals surface area contributed by atoms with Gasteiger partial charge < -0.3 is 0 Å². The fraction of sp³-hybridized carbons (Fsp3) is 0.333. The Morgan fingerprint density at radius 2 is 1.96 bits per heavy atom. The molecule has 0 aliphatic carbocycles. The third kappa shape index (κ3) is 3.54. The van der Waals surface area contributed by atoms with Crippen molar-refractivity contribution in [1.82, 2.24) is 4.90 Å². The summed E-state index contributed by atoms with van der Waals surface area (Å²) in [4.78, 5) is 13.5. The monoisotopic (exact) mass is 330 g/mol. The van der Waals surface area contributed by atoms with E-state index in [-0.39, 0.29) is 10.8 Å². The maximum atomic E-state index is 11.5. The number of rotatable bonds is 4. The first-order valence-electron chi connectivity index (χ1n) is 7.70. The first-order valence-corrected chi connectivity index (χ1v) is 8.08. The van der Waals surface area contributed by atoms with Gasteiger partial charge >= 0.3 is 0 Å². The third-order valence-corrected chi connectivity index (χ3v) is 4.92. The second-order valence-electron chi connectivity index (χ2n) is 6.15. The molecule has 5 heteroatoms. The number of hydrogen-bond acceptors (Lipinski definition) is 3. The molecule has 1 aliphatic rings. The Bertz CT molecular complexity index is 705. The van der Waals surface area contributed by atoms with Gasteiger partial charge in [-0.1, -0.05) is 54.1 Å². The molecule has 0 radical (unpaired) electrons. The van der Waals surface area contributed by atoms with Crippen molar-refractivity contribution < 1.29 is 4.92 Å². The molecule has 1 heterocycles. The van der Waals surface area contributed by atoms with E-state index in [1.807, 2.05) is 43.3 Å². The van der Waals surface area contributed by atoms with Crippen molar-refractivity contribution in [3.05, 3.63) is 80.4 Å². The van der Waals surface area contributed by atoms with Crippen LogP contribution in [0.2, 0.25) is 5.02 Å². The number of nitrogens with zero attached hydrogens (tertiary/aromatic N) is 2. The standard InChI is InChI=1S/C18H19ClN2O2/c1-13-7-8-15(9-17(13)19)16-11-20(12-18(16)21(22)23)10-14-5-3-2-4-6-14/h2-9,16,18H,10-12H2,1H3. The third-order valence-electron chi connectivity index (χ3n) is 4.51. The van der Waals surface area contributed by atoms with Gasteiger partial charge in [0.05, 0.1) is 12.5 Å². The lowest BCUT2D eigenvalue weighted by Crippen LogP contribution is -2.28. The second-order valence-corrected chi connectivity index (χ2v) is 6.55. The van der Waals surface area contributed by atoms with Gasteiger partial charge in [0.1, 0.15) is 0 Å². The van der Waals surface area contributed by atoms with Gasteiger partial charge in [0, 0.05) is 23.0 Å². The zero-order valence-electron chi connectivity index (χ0n) is 13.0. The maximum absolute atomic E-state index is 11.5. The van der Waals surface area contributed by atoms with Gasteiger partial charge in [0.15, 0.2) is 0 Å². The minimum atomic E-state index is -0.586. The van der Waals surface area contributed by atoms with E-state index in [0.29, 0.717) is 18.1 Å². The summed E-state index contributed by atoms with van der Waals surface area (Å²) in [5, 5.41) is 12.2. The molecule has 1 fully saturated rings. The highest BCUT2D eigenvalue weighted by Crippen LogP contribution is 2.32. The van der Waals surface area contributed by atoms with Crippen LogP contribution in [0.4, 0.5) is 0 Å². The van der Waals surface area contributed by atoms with Crippen LogP contribution in [0.15, 0.2) is 48.5 Å². The molecule has 1 aliphatic heterocycles. The van der Waals surface area contributed by atoms with Gasteiger partial charge in [-0.25, -0.2) is 0 Å². The van der Waals surface area contributed by atoms with Crippen LogP contribution in [0.5, 0.6) is 0 Å². The van der Waals surface area contributed by atoms with E-state index < -0.39 is 6.04 Å². The molecule has 3 rings (SSSR count). The van der Waals surface area contributed by atoms with E-state index in [1.165, 1.54) is 5.56 Å². The minimum Gasteiger partial charge on any atom is -0.292 e. The molecule has 0 bridgehead atoms. The average Bonchev–Trinajstić information content (AvgIpc) is 2.95. The number of aryl methyl sites for hydroxylation is 1. The van der Waals surface area contributed by atoms with Crippen LogP contribution in [0.3, 0.4) is 0 Å². The summed E-state index contributed by atoms with van der Waals surface area (Å²) in [5.74, 6) is -0.119. The van der Waals surface area contributed by atoms with E-state index in [0.717, 1.165) is 17.7 Å². The molecule has 2 aromatic rings. The van der Waals surface area contributed by atoms with Crippen molar-refractivity contribution in [2.45, 2.75) is 25.4 Å². The Morgan fingerprint density at radius 3 is 2.61 bits per heavy atom. The Morgan fingerprint density at radius 1 is 1.22 bits per heavy atom. The first kappa shape index (κ1) is 16.0. The lowest BCUT2D eigenvalue weighted by atomic mass is 9.94. The van der Waals surface area contributed by atoms with E-state index in [1.54, 1.807) is 0 Å². The van der Waals surface area contributed by atoms with Gasteiger partial charge in [-0.15, -0.1) is 0 Å². The molecule has 1 saturated heterocycles. The Balaban J connectivity index is 1.81. The Labute approximate surface area is 140 Å². The molecule has 4 nitrogen and oxygen atoms in total. The summed E-state index contributed by atoms with van der Waals surface area (Å²) < 4.78 is 0. The summed E-state index contributed by atoms with van der Waals surface area (Å²) in [7, 11) is 0. The summed E-state index contributed by atoms with van der Waals surface area (Å²) in [6, 6.07) is 15.3. The fourth-order valence-electron chi connectivity index (χ4n) is 3.22. The molecule has 23 heavy (non-hydrogen) atoms. The van der Waals surface area contributed by atoms with Crippen molar-refractivity contribution in [2.24, 2.45) is 0 Å². The molecular weight excluding hydrogens is 312 g/mol. The molecule has 2 atom stereocenters. The van der Waals surface area contributed by atoms with Gasteiger partial charge in [0.2, 0.25) is 6.04 Å². The number of nitro groups is 1. The maximum Gasteiger partial charge on any atom is 0.233 e. The largest absolute Gasteiger partial charge is 0.292 e. The number of benzene rings is 2. The van der Waals surface area contributed by atoms with Gasteiger partial charge in [-0.2, -0.15) is 0 Å². The van der Waals surface area contributed by atoms with Crippen molar-refractivity contribution in [1.29, 1.82) is 0 Å². The van der Waals surface area contributed by atoms with E-state index in [2.05, 4.69) is 17.0 Å². The summed E-state index contributed by atoms with van der Waals surface area (Å²) in [6.45, 7) is 3.83. The van der Waals surface area contributed by atoms with Crippen LogP contribution in [0.1, 0.15) is 22.6 Å². The van der Waals surface area contributed by atoms with Crippen LogP contribution in [0, 0.1) is 17.0 Å². The van der Waals surface area contributed by atoms with Crippen LogP contribution in [-0.2, 0) is 6.54 Å². The fourth-order valence-corrected chi connectivity index (χ4v) is 3.41. The number of likely N-dealkylation sites (tertiary alicyclic amines) is 1. The van der Waals surface area contributed by atoms with Crippen LogP contribution in [0.25, 0.3) is 0 Å². The molecular formula is C18H19ClN2O2. The molecule has 0 saturated carbocycles. The van der Waals surface area contributed by atoms with Gasteiger partial charge in [0.25, 0.3) is 0 Å². The predicted molar refractivity (Wildman–Crippen MR) is 91.4 cm³/mol. The predicted octanol–water partition coefficient (Wildman–Crippen LogP) is 3.89. The molecule has 120 valence electrons. The normalized spacial score (nSPS) is 21.5. The van der Waals surface area contributed by atoms with Crippen molar-refractivity contribution in [3.63, 3.8) is 0 Å². The Kier molecular flexibility index (Phi) is 4.64. The van der Waals surface area contributed by atoms with Crippen molar-refractivity contribution in [3.8, 4) is 0 Å². The molecule has 0 spiro atoms. The highest BCUT2D eigenvalue weighted by molar-refractivity contribution is 6.31. The van der Waals surface area contributed by atoms with E-state index in [4.69, 9.17) is 11.6 Å². The molecule has 0 aromatic heterocycles. The quantitative estimate of drug-likeness (QED) is 0.631. The van der Waals surface area contributed by atoms with Crippen molar-refractivity contribution >= 4 is 11.6 Å². The first-order chi connectivity index (χ1) is 11.0. The van der Waals surface area contributed by atoms with Crippen LogP contribution in [-0.4, -0.2) is 29.0 Å². The summed E-state index contributed by atoms with van der Waals surface area (Å²) in [5.41, 5.74) is 3.13. The summed E-state index contributed by atoms with van der Waals surface area (Å²) >= 11 is 6.20. The van der Waals surface area contributed by atoms with E-state index in [9.17, 15) is 10.1 Å². The van der Waals surface area contributed by atoms with Crippen LogP contribution < -0.4 is 0 Å². The lowest BCUT2D eigenvalue weighted by Gasteiger charge is -2.15. The number of hydrogen-bond donors (Lipinski definition) is 0. The molecule has 0 N–H and O–H groups in total. The van der Waals surface area contributed by atoms with Gasteiger partial charge in [-0.05, 0) is 29.7 Å². The topological polar surface area (TPSA) is 46.4 Å². The lowest BCUT2D eigenvalue weighted by molar-refractivity contribution is -0.521. The smallest absolute Gasteiger partial charge is 0.233 e. The highest BCUT2D eigenvalue weighted by Gasteiger charge is 2.41. The summed E-state index contributed by atoms with van der Waals surface area (Å²) in [6.07, 6.45) is 0. The molecule has 2 unspecified atom stereocenters.